The van der Waals surface area contributed by atoms with E-state index in [4.69, 9.17) is 4.74 Å². The zero-order valence-corrected chi connectivity index (χ0v) is 11.0. The predicted octanol–water partition coefficient (Wildman–Crippen LogP) is 1.75. The van der Waals surface area contributed by atoms with Gasteiger partial charge >= 0.3 is 0 Å². The molecule has 1 aromatic carbocycles. The zero-order valence-electron chi connectivity index (χ0n) is 11.0. The lowest BCUT2D eigenvalue weighted by atomic mass is 9.63. The van der Waals surface area contributed by atoms with Crippen LogP contribution in [0.4, 0.5) is 4.39 Å². The normalized spacial score (nSPS) is 25.6. The molecule has 3 rings (SSSR count). The summed E-state index contributed by atoms with van der Waals surface area (Å²) in [7, 11) is 0. The van der Waals surface area contributed by atoms with Gasteiger partial charge in [-0.25, -0.2) is 4.39 Å². The van der Waals surface area contributed by atoms with E-state index in [1.54, 1.807) is 12.1 Å². The molecule has 2 fully saturated rings. The molecule has 0 aromatic heterocycles. The van der Waals surface area contributed by atoms with Gasteiger partial charge in [0.2, 0.25) is 11.8 Å². The number of carbonyl (C=O) groups is 2. The Morgan fingerprint density at radius 1 is 1.15 bits per heavy atom. The van der Waals surface area contributed by atoms with Gasteiger partial charge in [-0.05, 0) is 36.0 Å². The van der Waals surface area contributed by atoms with Crippen LogP contribution in [0.5, 0.6) is 0 Å². The molecule has 20 heavy (non-hydrogen) atoms. The molecule has 2 heterocycles. The van der Waals surface area contributed by atoms with Gasteiger partial charge in [-0.15, -0.1) is 0 Å². The van der Waals surface area contributed by atoms with E-state index in [-0.39, 0.29) is 17.6 Å². The number of hydrogen-bond acceptors (Lipinski definition) is 3. The molecule has 0 aliphatic carbocycles. The highest BCUT2D eigenvalue weighted by molar-refractivity contribution is 6.02. The summed E-state index contributed by atoms with van der Waals surface area (Å²) in [6.45, 7) is 1.11. The van der Waals surface area contributed by atoms with Crippen LogP contribution >= 0.6 is 0 Å². The first kappa shape index (κ1) is 13.2. The van der Waals surface area contributed by atoms with Crippen LogP contribution < -0.4 is 5.32 Å². The van der Waals surface area contributed by atoms with Crippen molar-refractivity contribution >= 4 is 11.8 Å². The topological polar surface area (TPSA) is 55.4 Å². The number of carbonyl (C=O) groups excluding carboxylic acids is 2. The fourth-order valence-corrected chi connectivity index (χ4v) is 3.36. The third-order valence-electron chi connectivity index (χ3n) is 4.34. The maximum atomic E-state index is 13.1. The zero-order chi connectivity index (χ0) is 14.2. The first-order chi connectivity index (χ1) is 9.61. The van der Waals surface area contributed by atoms with Crippen LogP contribution in [0.2, 0.25) is 0 Å². The lowest BCUT2D eigenvalue weighted by Crippen LogP contribution is -2.52. The summed E-state index contributed by atoms with van der Waals surface area (Å²) in [5, 5.41) is 2.40. The Morgan fingerprint density at radius 3 is 2.45 bits per heavy atom. The Labute approximate surface area is 116 Å². The Hall–Kier alpha value is -1.75. The molecule has 1 N–H and O–H groups in total. The number of nitrogens with one attached hydrogen (secondary N) is 1. The highest BCUT2D eigenvalue weighted by Crippen LogP contribution is 2.48. The van der Waals surface area contributed by atoms with Crippen LogP contribution in [-0.2, 0) is 14.3 Å². The number of halogens is 1. The highest BCUT2D eigenvalue weighted by atomic mass is 19.1. The van der Waals surface area contributed by atoms with Gasteiger partial charge in [0.05, 0.1) is 5.92 Å². The monoisotopic (exact) mass is 277 g/mol. The Kier molecular flexibility index (Phi) is 3.30. The molecule has 4 nitrogen and oxygen atoms in total. The second kappa shape index (κ2) is 4.98. The third-order valence-corrected chi connectivity index (χ3v) is 4.34. The quantitative estimate of drug-likeness (QED) is 0.796. The summed E-state index contributed by atoms with van der Waals surface area (Å²) in [4.78, 5) is 24.0. The van der Waals surface area contributed by atoms with Crippen molar-refractivity contribution in [3.8, 4) is 0 Å². The van der Waals surface area contributed by atoms with Crippen molar-refractivity contribution in [2.45, 2.75) is 25.2 Å². The maximum absolute atomic E-state index is 13.1. The van der Waals surface area contributed by atoms with E-state index in [2.05, 4.69) is 5.32 Å². The van der Waals surface area contributed by atoms with E-state index in [9.17, 15) is 14.0 Å². The number of rotatable bonds is 1. The van der Waals surface area contributed by atoms with E-state index < -0.39 is 11.3 Å². The van der Waals surface area contributed by atoms with Crippen molar-refractivity contribution in [2.75, 3.05) is 13.2 Å². The molecule has 0 bridgehead atoms. The number of amides is 2. The summed E-state index contributed by atoms with van der Waals surface area (Å²) >= 11 is 0. The predicted molar refractivity (Wildman–Crippen MR) is 69.4 cm³/mol. The number of ether oxygens (including phenoxy) is 1. The molecule has 0 saturated carbocycles. The van der Waals surface area contributed by atoms with Crippen LogP contribution in [0.1, 0.15) is 30.7 Å². The minimum atomic E-state index is -0.412. The minimum absolute atomic E-state index is 0.227. The first-order valence-electron chi connectivity index (χ1n) is 6.78. The summed E-state index contributed by atoms with van der Waals surface area (Å²) in [5.74, 6) is -1.25. The molecule has 106 valence electrons. The minimum Gasteiger partial charge on any atom is -0.381 e. The van der Waals surface area contributed by atoms with Gasteiger partial charge in [0.15, 0.2) is 0 Å². The van der Waals surface area contributed by atoms with Gasteiger partial charge in [0, 0.05) is 19.6 Å². The number of hydrogen-bond donors (Lipinski definition) is 1. The Balaban J connectivity index is 2.01. The van der Waals surface area contributed by atoms with Gasteiger partial charge in [-0.1, -0.05) is 12.1 Å². The van der Waals surface area contributed by atoms with Crippen LogP contribution in [-0.4, -0.2) is 25.0 Å². The smallest absolute Gasteiger partial charge is 0.234 e. The molecule has 1 atom stereocenters. The van der Waals surface area contributed by atoms with Crippen LogP contribution in [0, 0.1) is 11.2 Å². The van der Waals surface area contributed by atoms with Gasteiger partial charge in [-0.3, -0.25) is 14.9 Å². The van der Waals surface area contributed by atoms with Gasteiger partial charge < -0.3 is 4.74 Å². The maximum Gasteiger partial charge on any atom is 0.234 e. The fraction of sp³-hybridized carbons (Fsp3) is 0.467. The van der Waals surface area contributed by atoms with Crippen molar-refractivity contribution in [3.63, 3.8) is 0 Å². The average molecular weight is 277 g/mol. The standard InChI is InChI=1S/C15H16FNO3/c16-11-3-1-10(2-4-11)13-14(19)17-12(18)9-15(13)5-7-20-8-6-15/h1-4,13H,5-9H2,(H,17,18,19). The molecule has 0 radical (unpaired) electrons. The second-order valence-electron chi connectivity index (χ2n) is 5.55. The van der Waals surface area contributed by atoms with Crippen molar-refractivity contribution in [1.82, 2.24) is 5.32 Å². The summed E-state index contributed by atoms with van der Waals surface area (Å²) in [6.07, 6.45) is 1.67. The Bertz CT molecular complexity index is 535. The van der Waals surface area contributed by atoms with Crippen LogP contribution in [0.3, 0.4) is 0 Å². The van der Waals surface area contributed by atoms with E-state index >= 15 is 0 Å². The molecule has 1 unspecified atom stereocenters. The SMILES string of the molecule is O=C1CC2(CCOCC2)C(c2ccc(F)cc2)C(=O)N1. The molecular formula is C15H16FNO3. The fourth-order valence-electron chi connectivity index (χ4n) is 3.36. The lowest BCUT2D eigenvalue weighted by Gasteiger charge is -2.45. The summed E-state index contributed by atoms with van der Waals surface area (Å²) in [6, 6.07) is 5.97. The molecular weight excluding hydrogens is 261 g/mol. The van der Waals surface area contributed by atoms with Crippen molar-refractivity contribution in [1.29, 1.82) is 0 Å². The number of imide groups is 1. The van der Waals surface area contributed by atoms with E-state index in [0.717, 1.165) is 5.56 Å². The Morgan fingerprint density at radius 2 is 1.80 bits per heavy atom. The summed E-state index contributed by atoms with van der Waals surface area (Å²) in [5.41, 5.74) is 0.369. The summed E-state index contributed by atoms with van der Waals surface area (Å²) < 4.78 is 18.4. The first-order valence-corrected chi connectivity index (χ1v) is 6.78. The highest BCUT2D eigenvalue weighted by Gasteiger charge is 2.49. The number of benzene rings is 1. The van der Waals surface area contributed by atoms with Crippen molar-refractivity contribution in [2.24, 2.45) is 5.41 Å². The van der Waals surface area contributed by atoms with E-state index in [0.29, 0.717) is 32.5 Å². The molecule has 2 aliphatic heterocycles. The third kappa shape index (κ3) is 2.22. The number of piperidine rings is 1. The van der Waals surface area contributed by atoms with Crippen molar-refractivity contribution < 1.29 is 18.7 Å². The van der Waals surface area contributed by atoms with Crippen molar-refractivity contribution in [3.05, 3.63) is 35.6 Å². The van der Waals surface area contributed by atoms with Crippen LogP contribution in [0.15, 0.2) is 24.3 Å². The van der Waals surface area contributed by atoms with Gasteiger partial charge in [0.25, 0.3) is 0 Å². The van der Waals surface area contributed by atoms with E-state index in [1.165, 1.54) is 12.1 Å². The molecule has 2 saturated heterocycles. The van der Waals surface area contributed by atoms with E-state index in [1.807, 2.05) is 0 Å². The average Bonchev–Trinajstić information content (AvgIpc) is 2.41. The van der Waals surface area contributed by atoms with Crippen LogP contribution in [0.25, 0.3) is 0 Å². The molecule has 5 heteroatoms. The molecule has 2 amide bonds. The molecule has 1 spiro atoms. The van der Waals surface area contributed by atoms with Gasteiger partial charge in [-0.2, -0.15) is 0 Å². The lowest BCUT2D eigenvalue weighted by molar-refractivity contribution is -0.143. The van der Waals surface area contributed by atoms with Gasteiger partial charge in [0.1, 0.15) is 5.82 Å². The molecule has 2 aliphatic rings. The second-order valence-corrected chi connectivity index (χ2v) is 5.55. The molecule has 1 aromatic rings. The largest absolute Gasteiger partial charge is 0.381 e.